The molecular formula is C19H30N2O4. The van der Waals surface area contributed by atoms with Crippen LogP contribution in [0.15, 0.2) is 12.1 Å². The van der Waals surface area contributed by atoms with Crippen molar-refractivity contribution >= 4 is 11.6 Å². The molecule has 0 saturated heterocycles. The van der Waals surface area contributed by atoms with Crippen molar-refractivity contribution in [1.29, 1.82) is 0 Å². The Balaban J connectivity index is 2.07. The molecule has 0 radical (unpaired) electrons. The largest absolute Gasteiger partial charge is 0.475 e. The number of amides is 1. The van der Waals surface area contributed by atoms with Gasteiger partial charge in [-0.25, -0.2) is 4.98 Å². The van der Waals surface area contributed by atoms with E-state index in [1.165, 1.54) is 0 Å². The van der Waals surface area contributed by atoms with E-state index in [1.807, 2.05) is 19.9 Å². The summed E-state index contributed by atoms with van der Waals surface area (Å²) < 4.78 is 16.4. The van der Waals surface area contributed by atoms with Gasteiger partial charge in [-0.05, 0) is 45.1 Å². The molecule has 1 N–H and O–H groups in total. The summed E-state index contributed by atoms with van der Waals surface area (Å²) in [4.78, 5) is 17.4. The van der Waals surface area contributed by atoms with Crippen molar-refractivity contribution in [2.45, 2.75) is 52.1 Å². The number of carbonyl (C=O) groups excluding carboxylic acids is 1. The minimum absolute atomic E-state index is 0.0705. The average molecular weight is 350 g/mol. The number of methoxy groups -OCH3 is 1. The van der Waals surface area contributed by atoms with Gasteiger partial charge in [0, 0.05) is 19.8 Å². The molecule has 2 atom stereocenters. The lowest BCUT2D eigenvalue weighted by molar-refractivity contribution is -0.147. The number of anilines is 1. The zero-order valence-corrected chi connectivity index (χ0v) is 15.8. The standard InChI is InChI=1S/C19H30N2O4/c1-5-25-19(10-6-7-14(2)13-19)18(22)21-16-8-9-17(20-15(16)3)24-12-11-23-4/h8-9,14H,5-7,10-13H2,1-4H3,(H,21,22). The fraction of sp³-hybridized carbons (Fsp3) is 0.684. The molecule has 2 unspecified atom stereocenters. The van der Waals surface area contributed by atoms with Gasteiger partial charge in [-0.1, -0.05) is 13.3 Å². The quantitative estimate of drug-likeness (QED) is 0.728. The highest BCUT2D eigenvalue weighted by molar-refractivity contribution is 5.97. The van der Waals surface area contributed by atoms with Crippen LogP contribution in [-0.4, -0.2) is 43.4 Å². The number of aromatic nitrogens is 1. The first-order valence-electron chi connectivity index (χ1n) is 9.05. The van der Waals surface area contributed by atoms with Gasteiger partial charge in [0.2, 0.25) is 5.88 Å². The third-order valence-electron chi connectivity index (χ3n) is 4.64. The van der Waals surface area contributed by atoms with Gasteiger partial charge in [-0.15, -0.1) is 0 Å². The summed E-state index contributed by atoms with van der Waals surface area (Å²) in [5, 5.41) is 3.01. The van der Waals surface area contributed by atoms with Gasteiger partial charge >= 0.3 is 0 Å². The maximum absolute atomic E-state index is 13.0. The first-order valence-corrected chi connectivity index (χ1v) is 9.05. The topological polar surface area (TPSA) is 69.7 Å². The molecule has 1 aromatic rings. The zero-order chi connectivity index (χ0) is 18.3. The van der Waals surface area contributed by atoms with Gasteiger partial charge < -0.3 is 19.5 Å². The van der Waals surface area contributed by atoms with Crippen LogP contribution in [0.3, 0.4) is 0 Å². The number of ether oxygens (including phenoxy) is 3. The zero-order valence-electron chi connectivity index (χ0n) is 15.8. The number of nitrogens with one attached hydrogen (secondary N) is 1. The molecule has 1 aliphatic carbocycles. The van der Waals surface area contributed by atoms with Gasteiger partial charge in [0.25, 0.3) is 5.91 Å². The van der Waals surface area contributed by atoms with Crippen LogP contribution in [0.4, 0.5) is 5.69 Å². The van der Waals surface area contributed by atoms with E-state index in [2.05, 4.69) is 17.2 Å². The highest BCUT2D eigenvalue weighted by atomic mass is 16.5. The predicted octanol–water partition coefficient (Wildman–Crippen LogP) is 3.34. The van der Waals surface area contributed by atoms with E-state index in [4.69, 9.17) is 14.2 Å². The molecule has 2 rings (SSSR count). The van der Waals surface area contributed by atoms with Gasteiger partial charge in [0.15, 0.2) is 0 Å². The third kappa shape index (κ3) is 5.16. The SMILES string of the molecule is CCOC1(C(=O)Nc2ccc(OCCOC)nc2C)CCCC(C)C1. The predicted molar refractivity (Wildman–Crippen MR) is 97.0 cm³/mol. The van der Waals surface area contributed by atoms with Crippen molar-refractivity contribution in [3.63, 3.8) is 0 Å². The maximum atomic E-state index is 13.0. The number of hydrogen-bond acceptors (Lipinski definition) is 5. The van der Waals surface area contributed by atoms with Gasteiger partial charge in [-0.3, -0.25) is 4.79 Å². The molecule has 0 spiro atoms. The number of nitrogens with zero attached hydrogens (tertiary/aromatic N) is 1. The van der Waals surface area contributed by atoms with Crippen LogP contribution in [0.5, 0.6) is 5.88 Å². The Morgan fingerprint density at radius 2 is 2.20 bits per heavy atom. The number of pyridine rings is 1. The van der Waals surface area contributed by atoms with Gasteiger partial charge in [0.1, 0.15) is 12.2 Å². The van der Waals surface area contributed by atoms with E-state index in [1.54, 1.807) is 13.2 Å². The van der Waals surface area contributed by atoms with Gasteiger partial charge in [-0.2, -0.15) is 0 Å². The highest BCUT2D eigenvalue weighted by Gasteiger charge is 2.42. The van der Waals surface area contributed by atoms with Crippen LogP contribution in [0.25, 0.3) is 0 Å². The van der Waals surface area contributed by atoms with Crippen LogP contribution in [-0.2, 0) is 14.3 Å². The molecule has 0 aliphatic heterocycles. The number of hydrogen-bond donors (Lipinski definition) is 1. The second-order valence-corrected chi connectivity index (χ2v) is 6.71. The van der Waals surface area contributed by atoms with E-state index in [-0.39, 0.29) is 5.91 Å². The van der Waals surface area contributed by atoms with Crippen molar-refractivity contribution in [2.75, 3.05) is 32.2 Å². The Morgan fingerprint density at radius 3 is 2.84 bits per heavy atom. The minimum atomic E-state index is -0.730. The molecule has 0 aromatic carbocycles. The fourth-order valence-corrected chi connectivity index (χ4v) is 3.40. The molecule has 140 valence electrons. The molecule has 1 heterocycles. The minimum Gasteiger partial charge on any atom is -0.475 e. The molecular weight excluding hydrogens is 320 g/mol. The smallest absolute Gasteiger partial charge is 0.256 e. The van der Waals surface area contributed by atoms with Crippen LogP contribution in [0.1, 0.15) is 45.2 Å². The molecule has 6 nitrogen and oxygen atoms in total. The number of rotatable bonds is 8. The Morgan fingerprint density at radius 1 is 1.40 bits per heavy atom. The Hall–Kier alpha value is -1.66. The summed E-state index contributed by atoms with van der Waals surface area (Å²) >= 11 is 0. The molecule has 1 amide bonds. The first-order chi connectivity index (χ1) is 12.0. The average Bonchev–Trinajstić information content (AvgIpc) is 2.57. The van der Waals surface area contributed by atoms with Crippen molar-refractivity contribution in [2.24, 2.45) is 5.92 Å². The lowest BCUT2D eigenvalue weighted by Crippen LogP contribution is -2.48. The third-order valence-corrected chi connectivity index (χ3v) is 4.64. The van der Waals surface area contributed by atoms with Crippen molar-refractivity contribution in [3.8, 4) is 5.88 Å². The Kier molecular flexibility index (Phi) is 7.20. The molecule has 1 aromatic heterocycles. The van der Waals surface area contributed by atoms with E-state index in [0.29, 0.717) is 37.3 Å². The molecule has 25 heavy (non-hydrogen) atoms. The molecule has 0 bridgehead atoms. The number of aryl methyl sites for hydroxylation is 1. The second-order valence-electron chi connectivity index (χ2n) is 6.71. The van der Waals surface area contributed by atoms with Crippen LogP contribution >= 0.6 is 0 Å². The summed E-state index contributed by atoms with van der Waals surface area (Å²) in [7, 11) is 1.63. The van der Waals surface area contributed by atoms with E-state index in [9.17, 15) is 4.79 Å². The van der Waals surface area contributed by atoms with Crippen LogP contribution in [0.2, 0.25) is 0 Å². The molecule has 1 saturated carbocycles. The number of carbonyl (C=O) groups is 1. The fourth-order valence-electron chi connectivity index (χ4n) is 3.40. The van der Waals surface area contributed by atoms with E-state index < -0.39 is 5.60 Å². The van der Waals surface area contributed by atoms with Crippen molar-refractivity contribution in [3.05, 3.63) is 17.8 Å². The summed E-state index contributed by atoms with van der Waals surface area (Å²) in [5.74, 6) is 0.944. The van der Waals surface area contributed by atoms with Crippen molar-refractivity contribution < 1.29 is 19.0 Å². The summed E-state index contributed by atoms with van der Waals surface area (Å²) in [6.07, 6.45) is 3.69. The van der Waals surface area contributed by atoms with Crippen LogP contribution < -0.4 is 10.1 Å². The summed E-state index contributed by atoms with van der Waals surface area (Å²) in [6, 6.07) is 3.59. The molecule has 6 heteroatoms. The summed E-state index contributed by atoms with van der Waals surface area (Å²) in [5.41, 5.74) is 0.687. The lowest BCUT2D eigenvalue weighted by Gasteiger charge is -2.38. The van der Waals surface area contributed by atoms with Crippen LogP contribution in [0, 0.1) is 12.8 Å². The highest BCUT2D eigenvalue weighted by Crippen LogP contribution is 2.36. The molecule has 1 fully saturated rings. The van der Waals surface area contributed by atoms with E-state index in [0.717, 1.165) is 31.4 Å². The maximum Gasteiger partial charge on any atom is 0.256 e. The lowest BCUT2D eigenvalue weighted by atomic mass is 9.78. The van der Waals surface area contributed by atoms with Crippen molar-refractivity contribution in [1.82, 2.24) is 4.98 Å². The molecule has 1 aliphatic rings. The first kappa shape index (κ1) is 19.7. The van der Waals surface area contributed by atoms with E-state index >= 15 is 0 Å². The normalized spacial score (nSPS) is 23.3. The summed E-state index contributed by atoms with van der Waals surface area (Å²) in [6.45, 7) is 7.46. The second kappa shape index (κ2) is 9.15. The Bertz CT molecular complexity index is 575. The monoisotopic (exact) mass is 350 g/mol. The Labute approximate surface area is 150 Å². The van der Waals surface area contributed by atoms with Gasteiger partial charge in [0.05, 0.1) is 18.0 Å².